The summed E-state index contributed by atoms with van der Waals surface area (Å²) < 4.78 is 0. The van der Waals surface area contributed by atoms with Crippen LogP contribution in [0.4, 0.5) is 17.3 Å². The van der Waals surface area contributed by atoms with Gasteiger partial charge in [0.2, 0.25) is 0 Å². The molecule has 2 heterocycles. The number of nitrogens with two attached hydrogens (primary N) is 3. The highest BCUT2D eigenvalue weighted by Gasteiger charge is 2.08. The Balaban J connectivity index is 2.05. The van der Waals surface area contributed by atoms with Gasteiger partial charge in [-0.25, -0.2) is 15.0 Å². The van der Waals surface area contributed by atoms with Crippen LogP contribution in [0.5, 0.6) is 0 Å². The standard InChI is InChI=1S/C12H11N7OS/c13-5-1-2-7-6(3-5)10(20)19-11(16-7)21-12-17-8(14)4-9(15)18-12/h1-4H,13H2,(H,16,19,20)(H4,14,15,17,18). The lowest BCUT2D eigenvalue weighted by Gasteiger charge is -2.04. The second kappa shape index (κ2) is 4.94. The third kappa shape index (κ3) is 2.72. The quantitative estimate of drug-likeness (QED) is 0.397. The van der Waals surface area contributed by atoms with Crippen molar-refractivity contribution in [1.82, 2.24) is 19.9 Å². The van der Waals surface area contributed by atoms with Crippen molar-refractivity contribution >= 4 is 40.0 Å². The van der Waals surface area contributed by atoms with Gasteiger partial charge in [0.05, 0.1) is 10.9 Å². The average molecular weight is 301 g/mol. The number of anilines is 3. The molecule has 9 heteroatoms. The molecule has 0 bridgehead atoms. The van der Waals surface area contributed by atoms with E-state index in [4.69, 9.17) is 17.2 Å². The number of hydrogen-bond acceptors (Lipinski definition) is 8. The van der Waals surface area contributed by atoms with E-state index in [1.165, 1.54) is 6.07 Å². The van der Waals surface area contributed by atoms with Gasteiger partial charge in [-0.15, -0.1) is 0 Å². The van der Waals surface area contributed by atoms with Crippen LogP contribution in [-0.4, -0.2) is 19.9 Å². The molecule has 2 aromatic heterocycles. The number of rotatable bonds is 2. The second-order valence-electron chi connectivity index (χ2n) is 4.25. The first-order chi connectivity index (χ1) is 10.0. The fraction of sp³-hybridized carbons (Fsp3) is 0. The van der Waals surface area contributed by atoms with Crippen molar-refractivity contribution in [3.8, 4) is 0 Å². The minimum Gasteiger partial charge on any atom is -0.399 e. The molecule has 0 spiro atoms. The summed E-state index contributed by atoms with van der Waals surface area (Å²) in [5.41, 5.74) is 17.6. The Morgan fingerprint density at radius 3 is 2.43 bits per heavy atom. The molecule has 106 valence electrons. The summed E-state index contributed by atoms with van der Waals surface area (Å²) in [6, 6.07) is 6.38. The van der Waals surface area contributed by atoms with Gasteiger partial charge >= 0.3 is 0 Å². The Kier molecular flexibility index (Phi) is 3.10. The van der Waals surface area contributed by atoms with E-state index in [1.54, 1.807) is 18.2 Å². The van der Waals surface area contributed by atoms with Gasteiger partial charge in [0.1, 0.15) is 11.6 Å². The summed E-state index contributed by atoms with van der Waals surface area (Å²) in [5.74, 6) is 0.502. The number of benzene rings is 1. The highest BCUT2D eigenvalue weighted by Crippen LogP contribution is 2.23. The lowest BCUT2D eigenvalue weighted by Crippen LogP contribution is -2.10. The van der Waals surface area contributed by atoms with Gasteiger partial charge in [-0.2, -0.15) is 0 Å². The summed E-state index contributed by atoms with van der Waals surface area (Å²) in [7, 11) is 0. The summed E-state index contributed by atoms with van der Waals surface area (Å²) in [4.78, 5) is 27.0. The molecule has 0 aliphatic rings. The maximum absolute atomic E-state index is 12.0. The second-order valence-corrected chi connectivity index (χ2v) is 5.21. The zero-order chi connectivity index (χ0) is 15.0. The Bertz CT molecular complexity index is 872. The van der Waals surface area contributed by atoms with E-state index in [2.05, 4.69) is 19.9 Å². The van der Waals surface area contributed by atoms with Gasteiger partial charge in [0.25, 0.3) is 5.56 Å². The van der Waals surface area contributed by atoms with Crippen molar-refractivity contribution in [2.45, 2.75) is 10.3 Å². The van der Waals surface area contributed by atoms with Crippen LogP contribution in [0.15, 0.2) is 39.4 Å². The number of nitrogens with zero attached hydrogens (tertiary/aromatic N) is 3. The van der Waals surface area contributed by atoms with E-state index in [0.717, 1.165) is 11.8 Å². The van der Waals surface area contributed by atoms with E-state index in [1.807, 2.05) is 0 Å². The largest absolute Gasteiger partial charge is 0.399 e. The Hall–Kier alpha value is -2.81. The predicted octanol–water partition coefficient (Wildman–Crippen LogP) is 0.611. The summed E-state index contributed by atoms with van der Waals surface area (Å²) in [6.07, 6.45) is 0. The molecule has 1 aromatic carbocycles. The van der Waals surface area contributed by atoms with Gasteiger partial charge in [-0.05, 0) is 30.0 Å². The first kappa shape index (κ1) is 13.2. The van der Waals surface area contributed by atoms with Crippen LogP contribution in [-0.2, 0) is 0 Å². The fourth-order valence-corrected chi connectivity index (χ4v) is 2.54. The van der Waals surface area contributed by atoms with Crippen LogP contribution >= 0.6 is 11.8 Å². The first-order valence-electron chi connectivity index (χ1n) is 5.89. The summed E-state index contributed by atoms with van der Waals surface area (Å²) >= 11 is 1.07. The number of aromatic nitrogens is 4. The Morgan fingerprint density at radius 1 is 1.00 bits per heavy atom. The normalized spacial score (nSPS) is 10.9. The Labute approximate surface area is 122 Å². The van der Waals surface area contributed by atoms with Crippen molar-refractivity contribution in [2.75, 3.05) is 17.2 Å². The molecule has 0 atom stereocenters. The van der Waals surface area contributed by atoms with Crippen LogP contribution < -0.4 is 22.8 Å². The number of hydrogen-bond donors (Lipinski definition) is 4. The van der Waals surface area contributed by atoms with Crippen molar-refractivity contribution < 1.29 is 0 Å². The minimum absolute atomic E-state index is 0.251. The van der Waals surface area contributed by atoms with Gasteiger partial charge < -0.3 is 22.2 Å². The van der Waals surface area contributed by atoms with Gasteiger partial charge in [-0.1, -0.05) is 0 Å². The fourth-order valence-electron chi connectivity index (χ4n) is 1.78. The summed E-state index contributed by atoms with van der Waals surface area (Å²) in [5, 5.41) is 1.08. The molecule has 21 heavy (non-hydrogen) atoms. The predicted molar refractivity (Wildman–Crippen MR) is 81.8 cm³/mol. The smallest absolute Gasteiger partial charge is 0.259 e. The van der Waals surface area contributed by atoms with E-state index in [0.29, 0.717) is 26.9 Å². The lowest BCUT2D eigenvalue weighted by molar-refractivity contribution is 0.939. The first-order valence-corrected chi connectivity index (χ1v) is 6.70. The Morgan fingerprint density at radius 2 is 1.71 bits per heavy atom. The molecule has 0 aliphatic heterocycles. The molecular weight excluding hydrogens is 290 g/mol. The third-order valence-electron chi connectivity index (χ3n) is 2.64. The molecular formula is C12H11N7OS. The van der Waals surface area contributed by atoms with Crippen LogP contribution in [0, 0.1) is 0 Å². The van der Waals surface area contributed by atoms with Gasteiger partial charge in [0.15, 0.2) is 10.3 Å². The molecule has 0 saturated heterocycles. The minimum atomic E-state index is -0.285. The van der Waals surface area contributed by atoms with Crippen molar-refractivity contribution in [2.24, 2.45) is 0 Å². The molecule has 0 saturated carbocycles. The zero-order valence-electron chi connectivity index (χ0n) is 10.7. The molecule has 0 fully saturated rings. The molecule has 0 unspecified atom stereocenters. The van der Waals surface area contributed by atoms with Crippen LogP contribution in [0.25, 0.3) is 10.9 Å². The van der Waals surface area contributed by atoms with Crippen LogP contribution in [0.1, 0.15) is 0 Å². The lowest BCUT2D eigenvalue weighted by atomic mass is 10.2. The van der Waals surface area contributed by atoms with Crippen molar-refractivity contribution in [3.63, 3.8) is 0 Å². The SMILES string of the molecule is Nc1ccc2nc(Sc3nc(N)cc(N)n3)[nH]c(=O)c2c1. The molecule has 0 aliphatic carbocycles. The molecule has 3 aromatic rings. The molecule has 0 radical (unpaired) electrons. The molecule has 8 nitrogen and oxygen atoms in total. The number of nitrogen functional groups attached to an aromatic ring is 3. The number of aromatic amines is 1. The third-order valence-corrected chi connectivity index (χ3v) is 3.39. The van der Waals surface area contributed by atoms with Crippen LogP contribution in [0.3, 0.4) is 0 Å². The zero-order valence-corrected chi connectivity index (χ0v) is 11.5. The van der Waals surface area contributed by atoms with E-state index in [9.17, 15) is 4.79 Å². The van der Waals surface area contributed by atoms with Crippen molar-refractivity contribution in [3.05, 3.63) is 34.6 Å². The highest BCUT2D eigenvalue weighted by molar-refractivity contribution is 7.99. The molecule has 7 N–H and O–H groups in total. The van der Waals surface area contributed by atoms with E-state index >= 15 is 0 Å². The monoisotopic (exact) mass is 301 g/mol. The summed E-state index contributed by atoms with van der Waals surface area (Å²) in [6.45, 7) is 0. The number of fused-ring (bicyclic) bond motifs is 1. The molecule has 0 amide bonds. The number of H-pyrrole nitrogens is 1. The van der Waals surface area contributed by atoms with Crippen molar-refractivity contribution in [1.29, 1.82) is 0 Å². The van der Waals surface area contributed by atoms with Gasteiger partial charge in [-0.3, -0.25) is 4.79 Å². The maximum atomic E-state index is 12.0. The molecule has 3 rings (SSSR count). The van der Waals surface area contributed by atoms with E-state index in [-0.39, 0.29) is 17.2 Å². The average Bonchev–Trinajstić information content (AvgIpc) is 2.38. The number of nitrogens with one attached hydrogen (secondary N) is 1. The topological polar surface area (TPSA) is 150 Å². The van der Waals surface area contributed by atoms with Crippen LogP contribution in [0.2, 0.25) is 0 Å². The highest BCUT2D eigenvalue weighted by atomic mass is 32.2. The van der Waals surface area contributed by atoms with Gasteiger partial charge in [0, 0.05) is 11.8 Å². The van der Waals surface area contributed by atoms with E-state index < -0.39 is 0 Å². The maximum Gasteiger partial charge on any atom is 0.259 e.